The molecule has 5 N–H and O–H groups in total. The number of anilines is 3. The Labute approximate surface area is 312 Å². The first-order chi connectivity index (χ1) is 26.1. The third kappa shape index (κ3) is 7.78. The molecule has 7 aromatic rings. The quantitative estimate of drug-likeness (QED) is 0.0616. The Bertz CT molecular complexity index is 2860. The van der Waals surface area contributed by atoms with Gasteiger partial charge in [-0.2, -0.15) is 16.8 Å². The molecule has 1 aromatic heterocycles. The fourth-order valence-corrected chi connectivity index (χ4v) is 6.94. The second kappa shape index (κ2) is 14.2. The van der Waals surface area contributed by atoms with Gasteiger partial charge in [0, 0.05) is 44.3 Å². The predicted molar refractivity (Wildman–Crippen MR) is 205 cm³/mol. The summed E-state index contributed by atoms with van der Waals surface area (Å²) in [5.41, 5.74) is 0.518. The third-order valence-corrected chi connectivity index (χ3v) is 10.2. The molecule has 55 heavy (non-hydrogen) atoms. The number of hydrogen-bond donors (Lipinski definition) is 5. The average Bonchev–Trinajstić information content (AvgIpc) is 3.16. The van der Waals surface area contributed by atoms with Crippen LogP contribution in [0.2, 0.25) is 0 Å². The molecule has 14 nitrogen and oxygen atoms in total. The second-order valence-electron chi connectivity index (χ2n) is 12.2. The number of para-hydroxylation sites is 1. The van der Waals surface area contributed by atoms with Crippen molar-refractivity contribution in [1.29, 1.82) is 0 Å². The van der Waals surface area contributed by atoms with E-state index in [1.165, 1.54) is 60.7 Å². The number of carbonyl (C=O) groups excluding carboxylic acids is 4. The predicted octanol–water partition coefficient (Wildman–Crippen LogP) is 6.36. The van der Waals surface area contributed by atoms with Gasteiger partial charge in [0.2, 0.25) is 0 Å². The van der Waals surface area contributed by atoms with Crippen LogP contribution in [0.25, 0.3) is 32.4 Å². The summed E-state index contributed by atoms with van der Waals surface area (Å²) in [7, 11) is -9.00. The highest BCUT2D eigenvalue weighted by Crippen LogP contribution is 2.29. The summed E-state index contributed by atoms with van der Waals surface area (Å²) in [4.78, 5) is 57.6. The summed E-state index contributed by atoms with van der Waals surface area (Å²) >= 11 is 0. The average molecular weight is 775 g/mol. The number of nitrogens with one attached hydrogen (secondary N) is 3. The fraction of sp³-hybridized carbons (Fsp3) is 0. The number of ketones is 1. The molecular formula is C39H26N4O10S2. The van der Waals surface area contributed by atoms with Crippen LogP contribution in [0.4, 0.5) is 17.1 Å². The number of Topliss-reactive ketones (excluding diaryl/α,β-unsaturated/α-hetero) is 1. The monoisotopic (exact) mass is 774 g/mol. The standard InChI is InChI=1S/C39H26N4O10S2/c44-36(35-16-11-22-5-1-2-8-32(22)41-35)39(47)40-27-18-25(37(45)42-33-9-3-6-23-20-28(54(48,49)50)12-14-30(23)33)17-26(19-27)38(46)43-34-10-4-7-24-21-29(55(51,52)53)13-15-31(24)34/h1-21H,(H,40,47)(H,42,45)(H,43,46)(H,48,49,50)(H,51,52,53). The van der Waals surface area contributed by atoms with Crippen molar-refractivity contribution >= 4 is 93.3 Å². The lowest BCUT2D eigenvalue weighted by Crippen LogP contribution is -2.24. The maximum atomic E-state index is 13.8. The van der Waals surface area contributed by atoms with Gasteiger partial charge in [-0.3, -0.25) is 28.3 Å². The van der Waals surface area contributed by atoms with Gasteiger partial charge in [-0.25, -0.2) is 4.98 Å². The molecule has 0 atom stereocenters. The van der Waals surface area contributed by atoms with Gasteiger partial charge in [0.25, 0.3) is 43.7 Å². The Morgan fingerprint density at radius 1 is 0.509 bits per heavy atom. The van der Waals surface area contributed by atoms with Gasteiger partial charge in [-0.15, -0.1) is 0 Å². The summed E-state index contributed by atoms with van der Waals surface area (Å²) in [5.74, 6) is -3.57. The number of nitrogens with zero attached hydrogens (tertiary/aromatic N) is 1. The van der Waals surface area contributed by atoms with E-state index in [0.29, 0.717) is 27.1 Å². The van der Waals surface area contributed by atoms with Gasteiger partial charge < -0.3 is 16.0 Å². The molecule has 7 rings (SSSR count). The van der Waals surface area contributed by atoms with Crippen LogP contribution in [0, 0.1) is 0 Å². The number of fused-ring (bicyclic) bond motifs is 3. The smallest absolute Gasteiger partial charge is 0.298 e. The van der Waals surface area contributed by atoms with Crippen molar-refractivity contribution in [3.05, 3.63) is 144 Å². The van der Waals surface area contributed by atoms with Crippen LogP contribution in [0.15, 0.2) is 137 Å². The fourth-order valence-electron chi connectivity index (χ4n) is 5.91. The SMILES string of the molecule is O=C(Nc1cc(C(=O)Nc2cccc3cc(S(=O)(=O)O)ccc23)cc(C(=O)Nc2cccc3cc(S(=O)(=O)O)ccc23)c1)C(=O)c1ccc2ccccc2n1. The topological polar surface area (TPSA) is 226 Å². The lowest BCUT2D eigenvalue weighted by Gasteiger charge is -2.14. The number of amides is 3. The first-order valence-electron chi connectivity index (χ1n) is 16.1. The van der Waals surface area contributed by atoms with Gasteiger partial charge in [0.05, 0.1) is 15.3 Å². The number of benzene rings is 6. The minimum atomic E-state index is -4.50. The van der Waals surface area contributed by atoms with Gasteiger partial charge >= 0.3 is 0 Å². The molecule has 0 saturated carbocycles. The highest BCUT2D eigenvalue weighted by molar-refractivity contribution is 7.86. The van der Waals surface area contributed by atoms with Crippen LogP contribution in [-0.4, -0.2) is 54.4 Å². The molecule has 0 aliphatic rings. The normalized spacial score (nSPS) is 11.7. The Kier molecular flexibility index (Phi) is 9.41. The molecule has 3 amide bonds. The molecule has 0 radical (unpaired) electrons. The van der Waals surface area contributed by atoms with Crippen LogP contribution in [0.5, 0.6) is 0 Å². The van der Waals surface area contributed by atoms with Crippen molar-refractivity contribution < 1.29 is 45.1 Å². The molecule has 0 saturated heterocycles. The molecule has 0 aliphatic carbocycles. The molecule has 0 aliphatic heterocycles. The van der Waals surface area contributed by atoms with E-state index in [0.717, 1.165) is 5.39 Å². The van der Waals surface area contributed by atoms with Gasteiger partial charge in [-0.1, -0.05) is 60.7 Å². The summed E-state index contributed by atoms with van der Waals surface area (Å²) in [6, 6.07) is 30.8. The zero-order valence-electron chi connectivity index (χ0n) is 28.0. The van der Waals surface area contributed by atoms with E-state index < -0.39 is 43.7 Å². The molecule has 0 fully saturated rings. The van der Waals surface area contributed by atoms with Crippen LogP contribution in [0.1, 0.15) is 31.2 Å². The first kappa shape index (κ1) is 36.5. The molecule has 0 unspecified atom stereocenters. The Hall–Kier alpha value is -6.85. The van der Waals surface area contributed by atoms with Gasteiger partial charge in [-0.05, 0) is 77.5 Å². The Morgan fingerprint density at radius 3 is 1.55 bits per heavy atom. The minimum absolute atomic E-state index is 0.0941. The Balaban J connectivity index is 1.23. The lowest BCUT2D eigenvalue weighted by atomic mass is 10.1. The number of aromatic nitrogens is 1. The first-order valence-corrected chi connectivity index (χ1v) is 19.0. The van der Waals surface area contributed by atoms with E-state index in [-0.39, 0.29) is 43.7 Å². The molecule has 1 heterocycles. The summed E-state index contributed by atoms with van der Waals surface area (Å²) in [6.07, 6.45) is 0. The maximum Gasteiger partial charge on any atom is 0.298 e. The lowest BCUT2D eigenvalue weighted by molar-refractivity contribution is -0.112. The summed E-state index contributed by atoms with van der Waals surface area (Å²) < 4.78 is 65.7. The summed E-state index contributed by atoms with van der Waals surface area (Å²) in [6.45, 7) is 0. The van der Waals surface area contributed by atoms with Crippen LogP contribution < -0.4 is 16.0 Å². The summed E-state index contributed by atoms with van der Waals surface area (Å²) in [5, 5.41) is 10.3. The number of carbonyl (C=O) groups is 4. The third-order valence-electron chi connectivity index (χ3n) is 8.55. The van der Waals surface area contributed by atoms with E-state index in [1.807, 2.05) is 0 Å². The van der Waals surface area contributed by atoms with Crippen LogP contribution in [0.3, 0.4) is 0 Å². The van der Waals surface area contributed by atoms with Crippen LogP contribution >= 0.6 is 0 Å². The Morgan fingerprint density at radius 2 is 1.02 bits per heavy atom. The molecule has 274 valence electrons. The van der Waals surface area contributed by atoms with Crippen molar-refractivity contribution in [2.24, 2.45) is 0 Å². The van der Waals surface area contributed by atoms with E-state index in [2.05, 4.69) is 20.9 Å². The number of pyridine rings is 1. The molecule has 6 aromatic carbocycles. The van der Waals surface area contributed by atoms with Crippen molar-refractivity contribution in [2.45, 2.75) is 9.79 Å². The maximum absolute atomic E-state index is 13.8. The van der Waals surface area contributed by atoms with Crippen LogP contribution in [-0.2, 0) is 25.0 Å². The highest BCUT2D eigenvalue weighted by atomic mass is 32.2. The van der Waals surface area contributed by atoms with Gasteiger partial charge in [0.15, 0.2) is 0 Å². The molecule has 16 heteroatoms. The van der Waals surface area contributed by atoms with Gasteiger partial charge in [0.1, 0.15) is 5.69 Å². The highest BCUT2D eigenvalue weighted by Gasteiger charge is 2.22. The number of rotatable bonds is 9. The van der Waals surface area contributed by atoms with E-state index in [9.17, 15) is 45.1 Å². The zero-order valence-corrected chi connectivity index (χ0v) is 29.7. The molecular weight excluding hydrogens is 749 g/mol. The molecule has 0 bridgehead atoms. The molecule has 0 spiro atoms. The van der Waals surface area contributed by atoms with Crippen molar-refractivity contribution in [2.75, 3.05) is 16.0 Å². The van der Waals surface area contributed by atoms with Crippen molar-refractivity contribution in [3.63, 3.8) is 0 Å². The van der Waals surface area contributed by atoms with E-state index >= 15 is 0 Å². The number of hydrogen-bond acceptors (Lipinski definition) is 9. The van der Waals surface area contributed by atoms with Crippen molar-refractivity contribution in [3.8, 4) is 0 Å². The zero-order chi connectivity index (χ0) is 39.1. The minimum Gasteiger partial charge on any atom is -0.321 e. The van der Waals surface area contributed by atoms with Crippen molar-refractivity contribution in [1.82, 2.24) is 4.98 Å². The second-order valence-corrected chi connectivity index (χ2v) is 15.0. The van der Waals surface area contributed by atoms with E-state index in [4.69, 9.17) is 0 Å². The van der Waals surface area contributed by atoms with E-state index in [1.54, 1.807) is 66.7 Å². The largest absolute Gasteiger partial charge is 0.321 e.